The Morgan fingerprint density at radius 1 is 1.10 bits per heavy atom. The first-order valence-corrected chi connectivity index (χ1v) is 10.6. The minimum absolute atomic E-state index is 0.237. The number of hydrogen-bond acceptors (Lipinski definition) is 4. The number of aromatic nitrogens is 3. The Labute approximate surface area is 180 Å². The van der Waals surface area contributed by atoms with Crippen LogP contribution >= 0.6 is 11.6 Å². The monoisotopic (exact) mass is 418 g/mol. The fourth-order valence-corrected chi connectivity index (χ4v) is 4.11. The predicted octanol–water partition coefficient (Wildman–Crippen LogP) is 5.62. The minimum Gasteiger partial charge on any atom is -0.376 e. The van der Waals surface area contributed by atoms with Crippen molar-refractivity contribution >= 4 is 23.1 Å². The fourth-order valence-electron chi connectivity index (χ4n) is 3.98. The molecule has 1 aliphatic rings. The summed E-state index contributed by atoms with van der Waals surface area (Å²) in [7, 11) is 0. The number of nitrogens with one attached hydrogen (secondary N) is 1. The lowest BCUT2D eigenvalue weighted by molar-refractivity contribution is 0.120. The third kappa shape index (κ3) is 3.66. The molecule has 0 saturated carbocycles. The van der Waals surface area contributed by atoms with Crippen molar-refractivity contribution in [3.8, 4) is 22.4 Å². The number of nitrogens with zero attached hydrogens (tertiary/aromatic N) is 3. The summed E-state index contributed by atoms with van der Waals surface area (Å²) < 4.78 is 7.69. The van der Waals surface area contributed by atoms with E-state index in [1.165, 1.54) is 0 Å². The van der Waals surface area contributed by atoms with Crippen LogP contribution in [0.2, 0.25) is 5.02 Å². The van der Waals surface area contributed by atoms with Gasteiger partial charge in [0.25, 0.3) is 0 Å². The van der Waals surface area contributed by atoms with Gasteiger partial charge in [0.15, 0.2) is 5.65 Å². The molecular formula is C24H23ClN4O. The second-order valence-electron chi connectivity index (χ2n) is 7.61. The summed E-state index contributed by atoms with van der Waals surface area (Å²) in [6.07, 6.45) is 2.44. The molecule has 0 radical (unpaired) electrons. The standard InChI is InChI=1S/C24H23ClN4O/c1-16-23(18-9-11-19(25)12-10-18)24-27-21(17-6-3-2-4-7-17)14-22(29(24)28-16)26-15-20-8-5-13-30-20/h2-4,6-7,9-12,14,20,26H,5,8,13,15H2,1H3. The van der Waals surface area contributed by atoms with Crippen LogP contribution in [0.3, 0.4) is 0 Å². The van der Waals surface area contributed by atoms with Crippen LogP contribution in [0.4, 0.5) is 5.82 Å². The largest absolute Gasteiger partial charge is 0.376 e. The van der Waals surface area contributed by atoms with E-state index in [1.54, 1.807) is 0 Å². The molecule has 0 amide bonds. The number of rotatable bonds is 5. The molecule has 30 heavy (non-hydrogen) atoms. The quantitative estimate of drug-likeness (QED) is 0.457. The van der Waals surface area contributed by atoms with Crippen LogP contribution in [0.5, 0.6) is 0 Å². The highest BCUT2D eigenvalue weighted by atomic mass is 35.5. The minimum atomic E-state index is 0.237. The maximum absolute atomic E-state index is 6.11. The van der Waals surface area contributed by atoms with E-state index in [4.69, 9.17) is 26.4 Å². The molecule has 2 aromatic heterocycles. The van der Waals surface area contributed by atoms with E-state index < -0.39 is 0 Å². The van der Waals surface area contributed by atoms with Crippen LogP contribution in [-0.2, 0) is 4.74 Å². The number of fused-ring (bicyclic) bond motifs is 1. The van der Waals surface area contributed by atoms with Gasteiger partial charge in [-0.3, -0.25) is 0 Å². The van der Waals surface area contributed by atoms with E-state index in [1.807, 2.05) is 53.9 Å². The van der Waals surface area contributed by atoms with Gasteiger partial charge in [0, 0.05) is 35.4 Å². The van der Waals surface area contributed by atoms with Gasteiger partial charge in [0.05, 0.1) is 17.5 Å². The Kier molecular flexibility index (Phi) is 5.15. The van der Waals surface area contributed by atoms with Gasteiger partial charge in [0.1, 0.15) is 5.82 Å². The zero-order valence-electron chi connectivity index (χ0n) is 16.8. The van der Waals surface area contributed by atoms with Crippen LogP contribution in [0.15, 0.2) is 60.7 Å². The Hall–Kier alpha value is -2.89. The number of anilines is 1. The van der Waals surface area contributed by atoms with Crippen molar-refractivity contribution < 1.29 is 4.74 Å². The summed E-state index contributed by atoms with van der Waals surface area (Å²) in [5, 5.41) is 9.08. The molecule has 0 spiro atoms. The number of ether oxygens (including phenoxy) is 1. The van der Waals surface area contributed by atoms with E-state index in [9.17, 15) is 0 Å². The molecule has 0 aliphatic carbocycles. The van der Waals surface area contributed by atoms with E-state index in [-0.39, 0.29) is 6.10 Å². The van der Waals surface area contributed by atoms with Crippen LogP contribution in [0, 0.1) is 6.92 Å². The molecule has 1 fully saturated rings. The van der Waals surface area contributed by atoms with Crippen molar-refractivity contribution in [2.75, 3.05) is 18.5 Å². The van der Waals surface area contributed by atoms with Gasteiger partial charge >= 0.3 is 0 Å². The van der Waals surface area contributed by atoms with Crippen molar-refractivity contribution in [2.45, 2.75) is 25.9 Å². The topological polar surface area (TPSA) is 51.5 Å². The molecule has 1 atom stereocenters. The van der Waals surface area contributed by atoms with Crippen LogP contribution in [0.1, 0.15) is 18.5 Å². The second-order valence-corrected chi connectivity index (χ2v) is 8.05. The van der Waals surface area contributed by atoms with Gasteiger partial charge in [-0.2, -0.15) is 9.61 Å². The highest BCUT2D eigenvalue weighted by Crippen LogP contribution is 2.32. The maximum atomic E-state index is 6.11. The lowest BCUT2D eigenvalue weighted by Gasteiger charge is -2.14. The third-order valence-electron chi connectivity index (χ3n) is 5.50. The molecule has 1 aliphatic heterocycles. The predicted molar refractivity (Wildman–Crippen MR) is 121 cm³/mol. The number of hydrogen-bond donors (Lipinski definition) is 1. The smallest absolute Gasteiger partial charge is 0.166 e. The molecule has 5 rings (SSSR count). The molecule has 1 N–H and O–H groups in total. The number of benzene rings is 2. The van der Waals surface area contributed by atoms with Crippen molar-refractivity contribution in [3.63, 3.8) is 0 Å². The lowest BCUT2D eigenvalue weighted by Crippen LogP contribution is -2.20. The van der Waals surface area contributed by atoms with E-state index in [2.05, 4.69) is 23.5 Å². The van der Waals surface area contributed by atoms with Crippen molar-refractivity contribution in [1.29, 1.82) is 0 Å². The highest BCUT2D eigenvalue weighted by molar-refractivity contribution is 6.30. The molecule has 3 heterocycles. The Bertz CT molecular complexity index is 1170. The van der Waals surface area contributed by atoms with Gasteiger partial charge in [-0.15, -0.1) is 0 Å². The summed E-state index contributed by atoms with van der Waals surface area (Å²) in [6.45, 7) is 3.61. The molecule has 0 bridgehead atoms. The van der Waals surface area contributed by atoms with E-state index >= 15 is 0 Å². The number of halogens is 1. The SMILES string of the molecule is Cc1nn2c(NCC3CCCO3)cc(-c3ccccc3)nc2c1-c1ccc(Cl)cc1. The Morgan fingerprint density at radius 3 is 2.63 bits per heavy atom. The average Bonchev–Trinajstić information content (AvgIpc) is 3.40. The third-order valence-corrected chi connectivity index (χ3v) is 5.75. The zero-order valence-corrected chi connectivity index (χ0v) is 17.6. The molecule has 1 saturated heterocycles. The summed E-state index contributed by atoms with van der Waals surface area (Å²) in [4.78, 5) is 5.00. The number of aryl methyl sites for hydroxylation is 1. The van der Waals surface area contributed by atoms with Crippen LogP contribution in [-0.4, -0.2) is 33.9 Å². The van der Waals surface area contributed by atoms with Gasteiger partial charge in [0.2, 0.25) is 0 Å². The second kappa shape index (κ2) is 8.09. The summed E-state index contributed by atoms with van der Waals surface area (Å²) in [5.41, 5.74) is 5.80. The molecule has 5 nitrogen and oxygen atoms in total. The van der Waals surface area contributed by atoms with Crippen LogP contribution < -0.4 is 5.32 Å². The summed E-state index contributed by atoms with van der Waals surface area (Å²) in [6, 6.07) is 20.1. The van der Waals surface area contributed by atoms with Gasteiger partial charge < -0.3 is 10.1 Å². The zero-order chi connectivity index (χ0) is 20.5. The molecule has 6 heteroatoms. The van der Waals surface area contributed by atoms with Crippen molar-refractivity contribution in [1.82, 2.24) is 14.6 Å². The Balaban J connectivity index is 1.65. The van der Waals surface area contributed by atoms with Crippen molar-refractivity contribution in [2.24, 2.45) is 0 Å². The van der Waals surface area contributed by atoms with Gasteiger partial charge in [-0.25, -0.2) is 4.98 Å². The van der Waals surface area contributed by atoms with Crippen molar-refractivity contribution in [3.05, 3.63) is 71.4 Å². The molecule has 1 unspecified atom stereocenters. The molecular weight excluding hydrogens is 396 g/mol. The maximum Gasteiger partial charge on any atom is 0.166 e. The van der Waals surface area contributed by atoms with Gasteiger partial charge in [-0.1, -0.05) is 54.1 Å². The van der Waals surface area contributed by atoms with E-state index in [0.717, 1.165) is 65.5 Å². The van der Waals surface area contributed by atoms with Crippen LogP contribution in [0.25, 0.3) is 28.0 Å². The molecule has 152 valence electrons. The first-order valence-electron chi connectivity index (χ1n) is 10.3. The molecule has 4 aromatic rings. The van der Waals surface area contributed by atoms with Gasteiger partial charge in [-0.05, 0) is 37.5 Å². The summed E-state index contributed by atoms with van der Waals surface area (Å²) in [5.74, 6) is 0.915. The Morgan fingerprint density at radius 2 is 1.90 bits per heavy atom. The lowest BCUT2D eigenvalue weighted by atomic mass is 10.1. The summed E-state index contributed by atoms with van der Waals surface area (Å²) >= 11 is 6.11. The highest BCUT2D eigenvalue weighted by Gasteiger charge is 2.19. The van der Waals surface area contributed by atoms with E-state index in [0.29, 0.717) is 5.02 Å². The first kappa shape index (κ1) is 19.1. The molecule has 2 aromatic carbocycles. The first-order chi connectivity index (χ1) is 14.7. The average molecular weight is 419 g/mol. The fraction of sp³-hybridized carbons (Fsp3) is 0.250. The normalized spacial score (nSPS) is 16.3.